The van der Waals surface area contributed by atoms with Crippen LogP contribution in [0.3, 0.4) is 0 Å². The molecule has 5 nitrogen and oxygen atoms in total. The molecule has 118 valence electrons. The minimum atomic E-state index is -0.432. The third-order valence-electron chi connectivity index (χ3n) is 2.69. The van der Waals surface area contributed by atoms with Crippen molar-refractivity contribution in [2.75, 3.05) is 26.9 Å². The van der Waals surface area contributed by atoms with Crippen molar-refractivity contribution in [3.8, 4) is 11.5 Å². The lowest BCUT2D eigenvalue weighted by Gasteiger charge is -2.15. The topological polar surface area (TPSA) is 56.8 Å². The average molecular weight is 360 g/mol. The summed E-state index contributed by atoms with van der Waals surface area (Å²) in [6.45, 7) is 6.11. The molecule has 0 radical (unpaired) electrons. The molecule has 0 fully saturated rings. The number of nitrogens with one attached hydrogen (secondary N) is 1. The largest absolute Gasteiger partial charge is 0.490 e. The predicted octanol–water partition coefficient (Wildman–Crippen LogP) is 2.90. The van der Waals surface area contributed by atoms with Gasteiger partial charge in [-0.25, -0.2) is 4.79 Å². The molecular formula is C15H22BrNO4. The van der Waals surface area contributed by atoms with Gasteiger partial charge in [-0.15, -0.1) is 0 Å². The number of carbonyl (C=O) groups is 1. The summed E-state index contributed by atoms with van der Waals surface area (Å²) in [6, 6.07) is 3.88. The van der Waals surface area contributed by atoms with Crippen LogP contribution in [0.5, 0.6) is 11.5 Å². The Bertz CT molecular complexity index is 465. The van der Waals surface area contributed by atoms with Gasteiger partial charge in [-0.3, -0.25) is 0 Å². The van der Waals surface area contributed by atoms with Crippen LogP contribution < -0.4 is 14.8 Å². The fraction of sp³-hybridized carbons (Fsp3) is 0.533. The zero-order chi connectivity index (χ0) is 15.7. The molecule has 0 aliphatic heterocycles. The number of benzene rings is 1. The van der Waals surface area contributed by atoms with Gasteiger partial charge in [0.25, 0.3) is 0 Å². The quantitative estimate of drug-likeness (QED) is 0.542. The highest BCUT2D eigenvalue weighted by Gasteiger charge is 2.14. The SMILES string of the molecule is CCCNCc1cc(Br)c(OCC(=O)OC)c(OCC)c1. The van der Waals surface area contributed by atoms with Crippen LogP contribution in [0.2, 0.25) is 0 Å². The predicted molar refractivity (Wildman–Crippen MR) is 84.8 cm³/mol. The second-order valence-electron chi connectivity index (χ2n) is 4.38. The highest BCUT2D eigenvalue weighted by molar-refractivity contribution is 9.10. The summed E-state index contributed by atoms with van der Waals surface area (Å²) in [4.78, 5) is 11.2. The van der Waals surface area contributed by atoms with Crippen LogP contribution >= 0.6 is 15.9 Å². The molecule has 21 heavy (non-hydrogen) atoms. The third kappa shape index (κ3) is 5.93. The van der Waals surface area contributed by atoms with Crippen LogP contribution in [0.1, 0.15) is 25.8 Å². The number of methoxy groups -OCH3 is 1. The molecule has 0 amide bonds. The Kier molecular flexibility index (Phi) is 8.15. The summed E-state index contributed by atoms with van der Waals surface area (Å²) in [5.74, 6) is 0.698. The monoisotopic (exact) mass is 359 g/mol. The first-order valence-corrected chi connectivity index (χ1v) is 7.77. The van der Waals surface area contributed by atoms with Crippen LogP contribution in [-0.4, -0.2) is 32.8 Å². The Labute approximate surface area is 134 Å². The Hall–Kier alpha value is -1.27. The number of hydrogen-bond acceptors (Lipinski definition) is 5. The molecule has 1 rings (SSSR count). The van der Waals surface area contributed by atoms with Gasteiger partial charge in [0.05, 0.1) is 18.2 Å². The molecule has 0 saturated carbocycles. The van der Waals surface area contributed by atoms with E-state index in [0.29, 0.717) is 18.1 Å². The van der Waals surface area contributed by atoms with E-state index < -0.39 is 5.97 Å². The molecule has 0 aliphatic carbocycles. The lowest BCUT2D eigenvalue weighted by molar-refractivity contribution is -0.142. The standard InChI is InChI=1S/C15H22BrNO4/c1-4-6-17-9-11-7-12(16)15(13(8-11)20-5-2)21-10-14(18)19-3/h7-8,17H,4-6,9-10H2,1-3H3. The molecule has 0 aliphatic rings. The Morgan fingerprint density at radius 2 is 2.05 bits per heavy atom. The lowest BCUT2D eigenvalue weighted by atomic mass is 10.2. The molecule has 1 aromatic carbocycles. The molecule has 0 spiro atoms. The first-order chi connectivity index (χ1) is 10.1. The van der Waals surface area contributed by atoms with Crippen LogP contribution in [0.4, 0.5) is 0 Å². The van der Waals surface area contributed by atoms with Gasteiger partial charge >= 0.3 is 5.97 Å². The van der Waals surface area contributed by atoms with Gasteiger partial charge in [0.1, 0.15) is 0 Å². The highest BCUT2D eigenvalue weighted by Crippen LogP contribution is 2.37. The van der Waals surface area contributed by atoms with Crippen molar-refractivity contribution in [3.05, 3.63) is 22.2 Å². The van der Waals surface area contributed by atoms with Gasteiger partial charge in [0.2, 0.25) is 0 Å². The minimum Gasteiger partial charge on any atom is -0.490 e. The first-order valence-electron chi connectivity index (χ1n) is 6.97. The summed E-state index contributed by atoms with van der Waals surface area (Å²) in [7, 11) is 1.33. The van der Waals surface area contributed by atoms with Gasteiger partial charge in [0, 0.05) is 6.54 Å². The van der Waals surface area contributed by atoms with Crippen LogP contribution in [-0.2, 0) is 16.1 Å². The van der Waals surface area contributed by atoms with Gasteiger partial charge in [0.15, 0.2) is 18.1 Å². The van der Waals surface area contributed by atoms with Crippen molar-refractivity contribution < 1.29 is 19.0 Å². The van der Waals surface area contributed by atoms with E-state index >= 15 is 0 Å². The van der Waals surface area contributed by atoms with Gasteiger partial charge < -0.3 is 19.5 Å². The van der Waals surface area contributed by atoms with E-state index in [4.69, 9.17) is 9.47 Å². The second-order valence-corrected chi connectivity index (χ2v) is 5.23. The van der Waals surface area contributed by atoms with Gasteiger partial charge in [-0.05, 0) is 53.5 Å². The number of rotatable bonds is 9. The van der Waals surface area contributed by atoms with Crippen LogP contribution in [0.15, 0.2) is 16.6 Å². The van der Waals surface area contributed by atoms with Crippen LogP contribution in [0, 0.1) is 0 Å². The fourth-order valence-electron chi connectivity index (χ4n) is 1.73. The smallest absolute Gasteiger partial charge is 0.343 e. The summed E-state index contributed by atoms with van der Waals surface area (Å²) in [6.07, 6.45) is 1.08. The van der Waals surface area contributed by atoms with Crippen molar-refractivity contribution in [1.82, 2.24) is 5.32 Å². The average Bonchev–Trinajstić information content (AvgIpc) is 2.46. The van der Waals surface area contributed by atoms with E-state index in [1.807, 2.05) is 19.1 Å². The molecule has 0 heterocycles. The van der Waals surface area contributed by atoms with E-state index in [1.165, 1.54) is 7.11 Å². The van der Waals surface area contributed by atoms with E-state index in [0.717, 1.165) is 29.5 Å². The summed E-state index contributed by atoms with van der Waals surface area (Å²) in [5, 5.41) is 3.34. The van der Waals surface area contributed by atoms with E-state index in [9.17, 15) is 4.79 Å². The number of carbonyl (C=O) groups excluding carboxylic acids is 1. The molecule has 0 saturated heterocycles. The Balaban J connectivity index is 2.87. The van der Waals surface area contributed by atoms with Crippen molar-refractivity contribution in [2.24, 2.45) is 0 Å². The molecule has 1 aromatic rings. The summed E-state index contributed by atoms with van der Waals surface area (Å²) in [5.41, 5.74) is 1.09. The summed E-state index contributed by atoms with van der Waals surface area (Å²) < 4.78 is 16.4. The molecule has 0 bridgehead atoms. The van der Waals surface area contributed by atoms with Crippen LogP contribution in [0.25, 0.3) is 0 Å². The lowest BCUT2D eigenvalue weighted by Crippen LogP contribution is -2.15. The van der Waals surface area contributed by atoms with Crippen molar-refractivity contribution in [1.29, 1.82) is 0 Å². The molecular weight excluding hydrogens is 338 g/mol. The molecule has 0 unspecified atom stereocenters. The molecule has 6 heteroatoms. The van der Waals surface area contributed by atoms with E-state index in [-0.39, 0.29) is 6.61 Å². The minimum absolute atomic E-state index is 0.150. The van der Waals surface area contributed by atoms with E-state index in [1.54, 1.807) is 0 Å². The maximum Gasteiger partial charge on any atom is 0.343 e. The first kappa shape index (κ1) is 17.8. The van der Waals surface area contributed by atoms with Gasteiger partial charge in [-0.2, -0.15) is 0 Å². The molecule has 0 atom stereocenters. The number of hydrogen-bond donors (Lipinski definition) is 1. The number of ether oxygens (including phenoxy) is 3. The Morgan fingerprint density at radius 3 is 2.67 bits per heavy atom. The maximum absolute atomic E-state index is 11.2. The molecule has 0 aromatic heterocycles. The number of esters is 1. The highest BCUT2D eigenvalue weighted by atomic mass is 79.9. The van der Waals surface area contributed by atoms with Crippen molar-refractivity contribution in [2.45, 2.75) is 26.8 Å². The number of halogens is 1. The third-order valence-corrected chi connectivity index (χ3v) is 3.28. The second kappa shape index (κ2) is 9.63. The fourth-order valence-corrected chi connectivity index (χ4v) is 2.33. The Morgan fingerprint density at radius 1 is 1.29 bits per heavy atom. The normalized spacial score (nSPS) is 10.3. The van der Waals surface area contributed by atoms with Gasteiger partial charge in [-0.1, -0.05) is 6.92 Å². The zero-order valence-corrected chi connectivity index (χ0v) is 14.3. The van der Waals surface area contributed by atoms with E-state index in [2.05, 4.69) is 32.9 Å². The maximum atomic E-state index is 11.2. The zero-order valence-electron chi connectivity index (χ0n) is 12.7. The van der Waals surface area contributed by atoms with Crippen molar-refractivity contribution in [3.63, 3.8) is 0 Å². The van der Waals surface area contributed by atoms with Crippen molar-refractivity contribution >= 4 is 21.9 Å². The summed E-state index contributed by atoms with van der Waals surface area (Å²) >= 11 is 3.46. The molecule has 1 N–H and O–H groups in total.